The molecule has 1 amide bonds. The number of carbonyl (C=O) groups excluding carboxylic acids is 1. The minimum Gasteiger partial charge on any atom is -0.496 e. The lowest BCUT2D eigenvalue weighted by molar-refractivity contribution is 0.156. The zero-order valence-electron chi connectivity index (χ0n) is 16.6. The highest BCUT2D eigenvalue weighted by Crippen LogP contribution is 2.36. The Bertz CT molecular complexity index is 1230. The molecular weight excluding hydrogens is 424 g/mol. The van der Waals surface area contributed by atoms with E-state index in [0.29, 0.717) is 16.5 Å². The quantitative estimate of drug-likeness (QED) is 0.446. The fourth-order valence-corrected chi connectivity index (χ4v) is 4.20. The molecule has 7 nitrogen and oxygen atoms in total. The van der Waals surface area contributed by atoms with Gasteiger partial charge in [0.1, 0.15) is 17.4 Å². The van der Waals surface area contributed by atoms with Crippen LogP contribution in [0.5, 0.6) is 5.75 Å². The summed E-state index contributed by atoms with van der Waals surface area (Å²) in [7, 11) is 3.44. The predicted octanol–water partition coefficient (Wildman–Crippen LogP) is 5.42. The third-order valence-electron chi connectivity index (χ3n) is 4.49. The fourth-order valence-electron chi connectivity index (χ4n) is 3.03. The molecular formula is C21H19ClN4O3S. The van der Waals surface area contributed by atoms with Crippen molar-refractivity contribution in [2.45, 2.75) is 13.5 Å². The number of benzene rings is 2. The highest BCUT2D eigenvalue weighted by Gasteiger charge is 2.15. The maximum absolute atomic E-state index is 12.2. The monoisotopic (exact) mass is 442 g/mol. The van der Waals surface area contributed by atoms with Crippen LogP contribution in [0, 0.1) is 6.92 Å². The summed E-state index contributed by atoms with van der Waals surface area (Å²) in [5.74, 6) is 0.646. The van der Waals surface area contributed by atoms with Gasteiger partial charge in [0.25, 0.3) is 0 Å². The summed E-state index contributed by atoms with van der Waals surface area (Å²) in [5.41, 5.74) is 3.15. The van der Waals surface area contributed by atoms with Crippen molar-refractivity contribution in [1.29, 1.82) is 0 Å². The van der Waals surface area contributed by atoms with Crippen molar-refractivity contribution in [1.82, 2.24) is 14.8 Å². The maximum Gasteiger partial charge on any atom is 0.411 e. The molecule has 30 heavy (non-hydrogen) atoms. The molecule has 0 radical (unpaired) electrons. The predicted molar refractivity (Wildman–Crippen MR) is 118 cm³/mol. The Labute approximate surface area is 182 Å². The number of amides is 1. The molecule has 0 saturated carbocycles. The molecule has 0 aliphatic heterocycles. The van der Waals surface area contributed by atoms with E-state index in [0.717, 1.165) is 32.0 Å². The Hall–Kier alpha value is -3.10. The molecule has 4 aromatic rings. The van der Waals surface area contributed by atoms with E-state index >= 15 is 0 Å². The summed E-state index contributed by atoms with van der Waals surface area (Å²) < 4.78 is 12.5. The van der Waals surface area contributed by atoms with Crippen LogP contribution in [0.3, 0.4) is 0 Å². The van der Waals surface area contributed by atoms with E-state index < -0.39 is 6.09 Å². The Kier molecular flexibility index (Phi) is 5.61. The number of nitrogens with zero attached hydrogens (tertiary/aromatic N) is 3. The summed E-state index contributed by atoms with van der Waals surface area (Å²) >= 11 is 7.49. The van der Waals surface area contributed by atoms with Gasteiger partial charge in [-0.25, -0.2) is 9.78 Å². The normalized spacial score (nSPS) is 10.9. The number of fused-ring (bicyclic) bond motifs is 1. The number of aryl methyl sites for hydroxylation is 2. The number of carbonyl (C=O) groups is 1. The lowest BCUT2D eigenvalue weighted by Gasteiger charge is -2.06. The molecule has 0 bridgehead atoms. The fraction of sp³-hybridized carbons (Fsp3) is 0.190. The first-order chi connectivity index (χ1) is 14.4. The SMILES string of the molecule is COc1cc(Cl)ccc1-c1nc(C)c(COC(=O)Nc2ccc3nn(C)cc3c2)s1. The van der Waals surface area contributed by atoms with Crippen molar-refractivity contribution in [2.24, 2.45) is 7.05 Å². The number of halogens is 1. The van der Waals surface area contributed by atoms with Crippen LogP contribution in [-0.4, -0.2) is 28.0 Å². The molecule has 0 saturated heterocycles. The number of ether oxygens (including phenoxy) is 2. The van der Waals surface area contributed by atoms with Crippen LogP contribution >= 0.6 is 22.9 Å². The van der Waals surface area contributed by atoms with E-state index in [1.54, 1.807) is 30.0 Å². The molecule has 4 rings (SSSR count). The Morgan fingerprint density at radius 1 is 1.27 bits per heavy atom. The number of aromatic nitrogens is 3. The highest BCUT2D eigenvalue weighted by atomic mass is 35.5. The van der Waals surface area contributed by atoms with Gasteiger partial charge < -0.3 is 9.47 Å². The summed E-state index contributed by atoms with van der Waals surface area (Å²) in [6.07, 6.45) is 1.36. The van der Waals surface area contributed by atoms with Gasteiger partial charge in [-0.15, -0.1) is 11.3 Å². The smallest absolute Gasteiger partial charge is 0.411 e. The maximum atomic E-state index is 12.2. The van der Waals surface area contributed by atoms with Gasteiger partial charge in [-0.05, 0) is 43.3 Å². The van der Waals surface area contributed by atoms with Crippen molar-refractivity contribution in [3.63, 3.8) is 0 Å². The molecule has 154 valence electrons. The molecule has 0 aliphatic rings. The topological polar surface area (TPSA) is 78.3 Å². The van der Waals surface area contributed by atoms with Crippen molar-refractivity contribution < 1.29 is 14.3 Å². The van der Waals surface area contributed by atoms with Gasteiger partial charge in [-0.3, -0.25) is 10.00 Å². The molecule has 0 spiro atoms. The van der Waals surface area contributed by atoms with Crippen LogP contribution in [0.2, 0.25) is 5.02 Å². The molecule has 0 unspecified atom stereocenters. The van der Waals surface area contributed by atoms with Crippen LogP contribution in [0.15, 0.2) is 42.6 Å². The summed E-state index contributed by atoms with van der Waals surface area (Å²) in [5, 5.41) is 9.37. The second kappa shape index (κ2) is 8.33. The van der Waals surface area contributed by atoms with Gasteiger partial charge in [0, 0.05) is 29.3 Å². The minimum absolute atomic E-state index is 0.125. The van der Waals surface area contributed by atoms with E-state index in [9.17, 15) is 4.79 Å². The third-order valence-corrected chi connectivity index (χ3v) is 5.89. The zero-order valence-corrected chi connectivity index (χ0v) is 18.2. The summed E-state index contributed by atoms with van der Waals surface area (Å²) in [6, 6.07) is 10.9. The number of hydrogen-bond donors (Lipinski definition) is 1. The van der Waals surface area contributed by atoms with E-state index in [2.05, 4.69) is 15.4 Å². The second-order valence-electron chi connectivity index (χ2n) is 6.65. The van der Waals surface area contributed by atoms with Gasteiger partial charge in [0.15, 0.2) is 0 Å². The van der Waals surface area contributed by atoms with Gasteiger partial charge in [0.2, 0.25) is 0 Å². The lowest BCUT2D eigenvalue weighted by atomic mass is 10.2. The molecule has 9 heteroatoms. The zero-order chi connectivity index (χ0) is 21.3. The number of rotatable bonds is 5. The van der Waals surface area contributed by atoms with Crippen LogP contribution in [0.1, 0.15) is 10.6 Å². The van der Waals surface area contributed by atoms with E-state index in [1.165, 1.54) is 11.3 Å². The number of hydrogen-bond acceptors (Lipinski definition) is 6. The van der Waals surface area contributed by atoms with Crippen LogP contribution < -0.4 is 10.1 Å². The van der Waals surface area contributed by atoms with Crippen molar-refractivity contribution >= 4 is 45.6 Å². The first kappa shape index (κ1) is 20.2. The first-order valence-corrected chi connectivity index (χ1v) is 10.3. The third kappa shape index (κ3) is 4.24. The standard InChI is InChI=1S/C21H19ClN4O3S/c1-12-19(30-20(23-12)16-6-4-14(22)9-18(16)28-3)11-29-21(27)24-15-5-7-17-13(8-15)10-26(2)25-17/h4-10H,11H2,1-3H3,(H,24,27). The minimum atomic E-state index is -0.531. The molecule has 2 aromatic carbocycles. The van der Waals surface area contributed by atoms with Gasteiger partial charge in [-0.1, -0.05) is 11.6 Å². The van der Waals surface area contributed by atoms with Gasteiger partial charge in [0.05, 0.1) is 28.8 Å². The Morgan fingerprint density at radius 3 is 2.90 bits per heavy atom. The molecule has 1 N–H and O–H groups in total. The van der Waals surface area contributed by atoms with Gasteiger partial charge >= 0.3 is 6.09 Å². The Balaban J connectivity index is 1.44. The van der Waals surface area contributed by atoms with Crippen LogP contribution in [-0.2, 0) is 18.4 Å². The molecule has 2 heterocycles. The highest BCUT2D eigenvalue weighted by molar-refractivity contribution is 7.15. The largest absolute Gasteiger partial charge is 0.496 e. The molecule has 2 aromatic heterocycles. The van der Waals surface area contributed by atoms with Crippen LogP contribution in [0.4, 0.5) is 10.5 Å². The molecule has 0 atom stereocenters. The average Bonchev–Trinajstić information content (AvgIpc) is 3.27. The van der Waals surface area contributed by atoms with Crippen molar-refractivity contribution in [3.05, 3.63) is 58.2 Å². The van der Waals surface area contributed by atoms with Gasteiger partial charge in [-0.2, -0.15) is 5.10 Å². The second-order valence-corrected chi connectivity index (χ2v) is 8.17. The van der Waals surface area contributed by atoms with E-state index in [1.807, 2.05) is 38.4 Å². The number of thiazole rings is 1. The van der Waals surface area contributed by atoms with Crippen LogP contribution in [0.25, 0.3) is 21.5 Å². The number of anilines is 1. The Morgan fingerprint density at radius 2 is 2.10 bits per heavy atom. The van der Waals surface area contributed by atoms with Crippen molar-refractivity contribution in [3.8, 4) is 16.3 Å². The van der Waals surface area contributed by atoms with E-state index in [-0.39, 0.29) is 6.61 Å². The first-order valence-electron chi connectivity index (χ1n) is 9.10. The lowest BCUT2D eigenvalue weighted by Crippen LogP contribution is -2.13. The molecule has 0 aliphatic carbocycles. The van der Waals surface area contributed by atoms with Crippen molar-refractivity contribution in [2.75, 3.05) is 12.4 Å². The molecule has 0 fully saturated rings. The summed E-state index contributed by atoms with van der Waals surface area (Å²) in [4.78, 5) is 17.7. The van der Waals surface area contributed by atoms with E-state index in [4.69, 9.17) is 21.1 Å². The summed E-state index contributed by atoms with van der Waals surface area (Å²) in [6.45, 7) is 2.01. The number of methoxy groups -OCH3 is 1. The number of nitrogens with one attached hydrogen (secondary N) is 1. The average molecular weight is 443 g/mol.